The zero-order valence-corrected chi connectivity index (χ0v) is 15.0. The molecule has 0 radical (unpaired) electrons. The van der Waals surface area contributed by atoms with Crippen LogP contribution < -0.4 is 4.90 Å². The number of pyridine rings is 1. The van der Waals surface area contributed by atoms with Gasteiger partial charge >= 0.3 is 0 Å². The summed E-state index contributed by atoms with van der Waals surface area (Å²) in [4.78, 5) is 34.3. The Bertz CT molecular complexity index is 728. The van der Waals surface area contributed by atoms with Crippen LogP contribution in [0.4, 0.5) is 5.69 Å². The van der Waals surface area contributed by atoms with E-state index < -0.39 is 0 Å². The lowest BCUT2D eigenvalue weighted by Crippen LogP contribution is -2.51. The van der Waals surface area contributed by atoms with Crippen LogP contribution in [0.15, 0.2) is 54.9 Å². The summed E-state index contributed by atoms with van der Waals surface area (Å²) in [5.74, 6) is -0.109. The number of anilines is 1. The van der Waals surface area contributed by atoms with Crippen molar-refractivity contribution in [2.45, 2.75) is 13.5 Å². The van der Waals surface area contributed by atoms with E-state index >= 15 is 0 Å². The van der Waals surface area contributed by atoms with Crippen molar-refractivity contribution in [3.63, 3.8) is 0 Å². The highest BCUT2D eigenvalue weighted by Gasteiger charge is 2.23. The van der Waals surface area contributed by atoms with Crippen molar-refractivity contribution in [2.24, 2.45) is 0 Å². The molecule has 0 bridgehead atoms. The first-order valence-corrected chi connectivity index (χ1v) is 8.85. The third kappa shape index (κ3) is 4.59. The maximum Gasteiger partial charge on any atom is 0.242 e. The van der Waals surface area contributed by atoms with Crippen LogP contribution >= 0.6 is 0 Å². The van der Waals surface area contributed by atoms with Crippen LogP contribution in [0, 0.1) is 0 Å². The van der Waals surface area contributed by atoms with Gasteiger partial charge in [0.1, 0.15) is 6.54 Å². The standard InChI is InChI=1S/C20H24N4O2/c1-17(25)24(15-18-6-5-9-21-14-18)16-20(26)23-12-10-22(11-13-23)19-7-3-2-4-8-19/h2-9,14H,10-13,15-16H2,1H3. The average Bonchev–Trinajstić information content (AvgIpc) is 2.69. The molecule has 0 aliphatic carbocycles. The Morgan fingerprint density at radius 2 is 1.77 bits per heavy atom. The quantitative estimate of drug-likeness (QED) is 0.823. The van der Waals surface area contributed by atoms with Crippen LogP contribution in [0.25, 0.3) is 0 Å². The lowest BCUT2D eigenvalue weighted by molar-refractivity contribution is -0.140. The molecular weight excluding hydrogens is 328 g/mol. The summed E-state index contributed by atoms with van der Waals surface area (Å²) < 4.78 is 0. The molecular formula is C20H24N4O2. The number of para-hydroxylation sites is 1. The predicted molar refractivity (Wildman–Crippen MR) is 101 cm³/mol. The minimum atomic E-state index is -0.106. The van der Waals surface area contributed by atoms with Crippen LogP contribution in [0.5, 0.6) is 0 Å². The van der Waals surface area contributed by atoms with Crippen LogP contribution in [0.3, 0.4) is 0 Å². The van der Waals surface area contributed by atoms with Gasteiger partial charge in [0, 0.05) is 57.7 Å². The lowest BCUT2D eigenvalue weighted by atomic mass is 10.2. The Labute approximate surface area is 154 Å². The Morgan fingerprint density at radius 3 is 2.38 bits per heavy atom. The van der Waals surface area contributed by atoms with Crippen molar-refractivity contribution in [3.05, 3.63) is 60.4 Å². The summed E-state index contributed by atoms with van der Waals surface area (Å²) in [5, 5.41) is 0. The number of hydrogen-bond donors (Lipinski definition) is 0. The van der Waals surface area contributed by atoms with Crippen LogP contribution in [-0.4, -0.2) is 59.3 Å². The number of nitrogens with zero attached hydrogens (tertiary/aromatic N) is 4. The largest absolute Gasteiger partial charge is 0.368 e. The van der Waals surface area contributed by atoms with Crippen molar-refractivity contribution in [3.8, 4) is 0 Å². The molecule has 2 aromatic rings. The van der Waals surface area contributed by atoms with E-state index in [-0.39, 0.29) is 18.4 Å². The number of hydrogen-bond acceptors (Lipinski definition) is 4. The van der Waals surface area contributed by atoms with E-state index in [2.05, 4.69) is 22.0 Å². The molecule has 3 rings (SSSR count). The van der Waals surface area contributed by atoms with E-state index in [1.54, 1.807) is 17.3 Å². The molecule has 0 N–H and O–H groups in total. The summed E-state index contributed by atoms with van der Waals surface area (Å²) >= 11 is 0. The third-order valence-corrected chi connectivity index (χ3v) is 4.62. The molecule has 2 amide bonds. The van der Waals surface area contributed by atoms with E-state index in [9.17, 15) is 9.59 Å². The molecule has 1 aromatic heterocycles. The first kappa shape index (κ1) is 17.9. The van der Waals surface area contributed by atoms with E-state index in [0.29, 0.717) is 19.6 Å². The fourth-order valence-corrected chi connectivity index (χ4v) is 3.11. The second-order valence-electron chi connectivity index (χ2n) is 6.44. The van der Waals surface area contributed by atoms with Gasteiger partial charge in [-0.2, -0.15) is 0 Å². The van der Waals surface area contributed by atoms with E-state index in [4.69, 9.17) is 0 Å². The van der Waals surface area contributed by atoms with Crippen LogP contribution in [0.1, 0.15) is 12.5 Å². The molecule has 0 atom stereocenters. The van der Waals surface area contributed by atoms with Gasteiger partial charge in [0.2, 0.25) is 11.8 Å². The highest BCUT2D eigenvalue weighted by Crippen LogP contribution is 2.16. The summed E-state index contributed by atoms with van der Waals surface area (Å²) in [5.41, 5.74) is 2.10. The van der Waals surface area contributed by atoms with Crippen molar-refractivity contribution in [1.82, 2.24) is 14.8 Å². The van der Waals surface area contributed by atoms with Gasteiger partial charge in [0.05, 0.1) is 0 Å². The van der Waals surface area contributed by atoms with Gasteiger partial charge in [0.15, 0.2) is 0 Å². The molecule has 1 aromatic carbocycles. The molecule has 0 spiro atoms. The third-order valence-electron chi connectivity index (χ3n) is 4.62. The zero-order chi connectivity index (χ0) is 18.4. The van der Waals surface area contributed by atoms with Crippen LogP contribution in [-0.2, 0) is 16.1 Å². The molecule has 6 nitrogen and oxygen atoms in total. The van der Waals surface area contributed by atoms with E-state index in [1.807, 2.05) is 35.2 Å². The maximum atomic E-state index is 12.6. The Kier molecular flexibility index (Phi) is 5.84. The second kappa shape index (κ2) is 8.47. The van der Waals surface area contributed by atoms with Crippen molar-refractivity contribution < 1.29 is 9.59 Å². The van der Waals surface area contributed by atoms with Gasteiger partial charge in [-0.1, -0.05) is 24.3 Å². The monoisotopic (exact) mass is 352 g/mol. The minimum Gasteiger partial charge on any atom is -0.368 e. The summed E-state index contributed by atoms with van der Waals surface area (Å²) in [7, 11) is 0. The number of benzene rings is 1. The highest BCUT2D eigenvalue weighted by atomic mass is 16.2. The maximum absolute atomic E-state index is 12.6. The Morgan fingerprint density at radius 1 is 1.04 bits per heavy atom. The molecule has 26 heavy (non-hydrogen) atoms. The molecule has 6 heteroatoms. The molecule has 1 aliphatic heterocycles. The number of carbonyl (C=O) groups is 2. The number of rotatable bonds is 5. The first-order chi connectivity index (χ1) is 12.6. The topological polar surface area (TPSA) is 56.8 Å². The minimum absolute atomic E-state index is 0.00296. The fraction of sp³-hybridized carbons (Fsp3) is 0.350. The smallest absolute Gasteiger partial charge is 0.242 e. The Hall–Kier alpha value is -2.89. The van der Waals surface area contributed by atoms with Crippen LogP contribution in [0.2, 0.25) is 0 Å². The summed E-state index contributed by atoms with van der Waals surface area (Å²) in [6.07, 6.45) is 3.41. The first-order valence-electron chi connectivity index (χ1n) is 8.85. The highest BCUT2D eigenvalue weighted by molar-refractivity contribution is 5.84. The number of carbonyl (C=O) groups excluding carboxylic acids is 2. The average molecular weight is 352 g/mol. The molecule has 1 fully saturated rings. The second-order valence-corrected chi connectivity index (χ2v) is 6.44. The summed E-state index contributed by atoms with van der Waals surface area (Å²) in [6.45, 7) is 4.96. The SMILES string of the molecule is CC(=O)N(CC(=O)N1CCN(c2ccccc2)CC1)Cc1cccnc1. The van der Waals surface area contributed by atoms with Gasteiger partial charge in [-0.3, -0.25) is 14.6 Å². The van der Waals surface area contributed by atoms with Crippen molar-refractivity contribution in [2.75, 3.05) is 37.6 Å². The van der Waals surface area contributed by atoms with Gasteiger partial charge in [-0.15, -0.1) is 0 Å². The van der Waals surface area contributed by atoms with E-state index in [1.165, 1.54) is 12.6 Å². The number of amides is 2. The van der Waals surface area contributed by atoms with E-state index in [0.717, 1.165) is 18.7 Å². The summed E-state index contributed by atoms with van der Waals surface area (Å²) in [6, 6.07) is 14.0. The van der Waals surface area contributed by atoms with Gasteiger partial charge in [-0.05, 0) is 23.8 Å². The molecule has 0 saturated carbocycles. The lowest BCUT2D eigenvalue weighted by Gasteiger charge is -2.37. The molecule has 2 heterocycles. The fourth-order valence-electron chi connectivity index (χ4n) is 3.11. The normalized spacial score (nSPS) is 14.2. The van der Waals surface area contributed by atoms with Crippen molar-refractivity contribution >= 4 is 17.5 Å². The van der Waals surface area contributed by atoms with Gasteiger partial charge in [-0.25, -0.2) is 0 Å². The molecule has 1 aliphatic rings. The Balaban J connectivity index is 1.54. The molecule has 0 unspecified atom stereocenters. The van der Waals surface area contributed by atoms with Crippen molar-refractivity contribution in [1.29, 1.82) is 0 Å². The molecule has 1 saturated heterocycles. The zero-order valence-electron chi connectivity index (χ0n) is 15.0. The molecule has 136 valence electrons. The van der Waals surface area contributed by atoms with Gasteiger partial charge in [0.25, 0.3) is 0 Å². The number of aromatic nitrogens is 1. The van der Waals surface area contributed by atoms with Gasteiger partial charge < -0.3 is 14.7 Å². The number of piperazine rings is 1. The predicted octanol–water partition coefficient (Wildman–Crippen LogP) is 1.78.